The third-order valence-corrected chi connectivity index (χ3v) is 12.1. The van der Waals surface area contributed by atoms with Crippen LogP contribution in [0.15, 0.2) is 78.9 Å². The van der Waals surface area contributed by atoms with Crippen LogP contribution >= 0.6 is 0 Å². The number of hydrogen-bond donors (Lipinski definition) is 4. The number of ether oxygens (including phenoxy) is 3. The van der Waals surface area contributed by atoms with Gasteiger partial charge in [-0.1, -0.05) is 95.2 Å². The lowest BCUT2D eigenvalue weighted by molar-refractivity contribution is -0.139. The molecule has 4 rings (SSSR count). The van der Waals surface area contributed by atoms with E-state index in [1.165, 1.54) is 73.6 Å². The zero-order valence-corrected chi connectivity index (χ0v) is 36.4. The number of aliphatic hydroxyl groups excluding tert-OH is 4. The van der Waals surface area contributed by atoms with Crippen molar-refractivity contribution in [1.29, 1.82) is 0 Å². The topological polar surface area (TPSA) is 126 Å². The van der Waals surface area contributed by atoms with Crippen molar-refractivity contribution in [3.05, 3.63) is 101 Å². The summed E-state index contributed by atoms with van der Waals surface area (Å²) in [6.07, 6.45) is 12.8. The van der Waals surface area contributed by atoms with Gasteiger partial charge < -0.3 is 34.6 Å². The minimum Gasteiger partial charge on any atom is -0.493 e. The fourth-order valence-electron chi connectivity index (χ4n) is 8.19. The molecule has 0 aliphatic heterocycles. The number of esters is 1. The molecule has 3 aromatic rings. The third kappa shape index (κ3) is 14.1. The average molecular weight is 813 g/mol. The summed E-state index contributed by atoms with van der Waals surface area (Å²) in [4.78, 5) is 12.2. The lowest BCUT2D eigenvalue weighted by Crippen LogP contribution is -2.38. The molecular formula is C51H72O8. The Morgan fingerprint density at radius 2 is 1.44 bits per heavy atom. The van der Waals surface area contributed by atoms with Crippen LogP contribution in [0.5, 0.6) is 5.75 Å². The van der Waals surface area contributed by atoms with Crippen molar-refractivity contribution in [3.8, 4) is 28.0 Å². The lowest BCUT2D eigenvalue weighted by atomic mass is 9.77. The Labute approximate surface area is 354 Å². The Morgan fingerprint density at radius 3 is 2.03 bits per heavy atom. The van der Waals surface area contributed by atoms with Crippen molar-refractivity contribution in [1.82, 2.24) is 0 Å². The standard InChI is InChI=1S/C51H72O8/c1-7-9-10-13-38-16-18-40(19-17-38)41-20-22-42(23-21-41)43-24-25-47(39(8-2)30-43)46-31-44(14-11-27-52)48(45(32-46)15-12-28-58-49(55)36(3)4)57-29-26-51(33-53,34-54)35-59-50(56)37(5)6/h20-25,30-32,38,40,50,52-54,56H,3,5,7-19,26-29,33-35H2,1-2,4,6H3. The molecule has 0 saturated heterocycles. The summed E-state index contributed by atoms with van der Waals surface area (Å²) in [6.45, 7) is 14.7. The van der Waals surface area contributed by atoms with E-state index in [1.807, 2.05) is 0 Å². The first-order chi connectivity index (χ1) is 28.5. The summed E-state index contributed by atoms with van der Waals surface area (Å²) in [5, 5.41) is 40.7. The molecule has 1 unspecified atom stereocenters. The summed E-state index contributed by atoms with van der Waals surface area (Å²) in [7, 11) is 0. The van der Waals surface area contributed by atoms with E-state index in [0.717, 1.165) is 34.6 Å². The van der Waals surface area contributed by atoms with Gasteiger partial charge in [0, 0.05) is 17.6 Å². The highest BCUT2D eigenvalue weighted by molar-refractivity contribution is 5.86. The molecule has 1 aliphatic rings. The van der Waals surface area contributed by atoms with Crippen LogP contribution in [0.3, 0.4) is 0 Å². The van der Waals surface area contributed by atoms with Crippen LogP contribution in [-0.4, -0.2) is 72.3 Å². The summed E-state index contributed by atoms with van der Waals surface area (Å²) in [6, 6.07) is 20.3. The van der Waals surface area contributed by atoms with Crippen LogP contribution in [0.1, 0.15) is 126 Å². The van der Waals surface area contributed by atoms with E-state index in [4.69, 9.17) is 14.2 Å². The molecule has 59 heavy (non-hydrogen) atoms. The number of carbonyl (C=O) groups excluding carboxylic acids is 1. The van der Waals surface area contributed by atoms with Crippen LogP contribution in [0.4, 0.5) is 0 Å². The minimum absolute atomic E-state index is 0.0182. The molecule has 3 aromatic carbocycles. The zero-order valence-electron chi connectivity index (χ0n) is 36.4. The lowest BCUT2D eigenvalue weighted by Gasteiger charge is -2.31. The van der Waals surface area contributed by atoms with Crippen LogP contribution in [0, 0.1) is 11.3 Å². The number of aliphatic hydroxyl groups is 4. The van der Waals surface area contributed by atoms with Crippen molar-refractivity contribution >= 4 is 5.97 Å². The van der Waals surface area contributed by atoms with Gasteiger partial charge >= 0.3 is 5.97 Å². The fourth-order valence-corrected chi connectivity index (χ4v) is 8.19. The quantitative estimate of drug-likeness (QED) is 0.0208. The maximum absolute atomic E-state index is 12.2. The molecule has 8 nitrogen and oxygen atoms in total. The molecule has 0 spiro atoms. The summed E-state index contributed by atoms with van der Waals surface area (Å²) in [5.74, 6) is 1.81. The number of carbonyl (C=O) groups is 1. The highest BCUT2D eigenvalue weighted by atomic mass is 16.6. The Kier molecular flexibility index (Phi) is 19.9. The number of hydrogen-bond acceptors (Lipinski definition) is 8. The molecule has 0 aromatic heterocycles. The van der Waals surface area contributed by atoms with Crippen molar-refractivity contribution in [3.63, 3.8) is 0 Å². The van der Waals surface area contributed by atoms with Crippen molar-refractivity contribution in [2.45, 2.75) is 130 Å². The first-order valence-electron chi connectivity index (χ1n) is 22.1. The number of rotatable bonds is 26. The van der Waals surface area contributed by atoms with Gasteiger partial charge in [0.1, 0.15) is 5.75 Å². The van der Waals surface area contributed by atoms with Crippen LogP contribution in [0.25, 0.3) is 22.3 Å². The summed E-state index contributed by atoms with van der Waals surface area (Å²) in [5.41, 5.74) is 8.85. The molecule has 8 heteroatoms. The van der Waals surface area contributed by atoms with Crippen LogP contribution in [0.2, 0.25) is 0 Å². The molecule has 0 amide bonds. The van der Waals surface area contributed by atoms with Gasteiger partial charge in [0.15, 0.2) is 6.29 Å². The van der Waals surface area contributed by atoms with Gasteiger partial charge in [-0.05, 0) is 152 Å². The molecule has 1 atom stereocenters. The predicted octanol–water partition coefficient (Wildman–Crippen LogP) is 10.1. The van der Waals surface area contributed by atoms with E-state index in [-0.39, 0.29) is 46.1 Å². The Bertz CT molecular complexity index is 1770. The largest absolute Gasteiger partial charge is 0.493 e. The molecule has 324 valence electrons. The predicted molar refractivity (Wildman–Crippen MR) is 239 cm³/mol. The fraction of sp³-hybridized carbons (Fsp3) is 0.549. The Hall–Kier alpha value is -3.79. The van der Waals surface area contributed by atoms with Gasteiger partial charge in [0.2, 0.25) is 0 Å². The maximum Gasteiger partial charge on any atom is 0.333 e. The number of benzene rings is 3. The van der Waals surface area contributed by atoms with E-state index in [2.05, 4.69) is 81.6 Å². The minimum atomic E-state index is -1.21. The zero-order chi connectivity index (χ0) is 42.8. The smallest absolute Gasteiger partial charge is 0.333 e. The second kappa shape index (κ2) is 24.5. The molecular weight excluding hydrogens is 741 g/mol. The molecule has 0 bridgehead atoms. The normalized spacial score (nSPS) is 16.1. The van der Waals surface area contributed by atoms with Crippen molar-refractivity contribution in [2.24, 2.45) is 11.3 Å². The summed E-state index contributed by atoms with van der Waals surface area (Å²) >= 11 is 0. The first-order valence-corrected chi connectivity index (χ1v) is 22.1. The van der Waals surface area contributed by atoms with Crippen LogP contribution < -0.4 is 4.74 Å². The maximum atomic E-state index is 12.2. The van der Waals surface area contributed by atoms with E-state index in [1.54, 1.807) is 13.8 Å². The monoisotopic (exact) mass is 813 g/mol. The molecule has 1 aliphatic carbocycles. The van der Waals surface area contributed by atoms with E-state index in [9.17, 15) is 25.2 Å². The molecule has 0 radical (unpaired) electrons. The van der Waals surface area contributed by atoms with Gasteiger partial charge in [-0.2, -0.15) is 0 Å². The van der Waals surface area contributed by atoms with Gasteiger partial charge in [0.25, 0.3) is 0 Å². The Morgan fingerprint density at radius 1 is 0.797 bits per heavy atom. The molecule has 1 saturated carbocycles. The van der Waals surface area contributed by atoms with Crippen molar-refractivity contribution in [2.75, 3.05) is 39.6 Å². The average Bonchev–Trinajstić information content (AvgIpc) is 3.25. The molecule has 4 N–H and O–H groups in total. The second-order valence-electron chi connectivity index (χ2n) is 17.0. The Balaban J connectivity index is 1.60. The van der Waals surface area contributed by atoms with E-state index >= 15 is 0 Å². The first kappa shape index (κ1) is 47.9. The van der Waals surface area contributed by atoms with Crippen molar-refractivity contribution < 1.29 is 39.4 Å². The third-order valence-electron chi connectivity index (χ3n) is 12.1. The summed E-state index contributed by atoms with van der Waals surface area (Å²) < 4.78 is 17.5. The van der Waals surface area contributed by atoms with Crippen LogP contribution in [-0.2, 0) is 33.5 Å². The number of unbranched alkanes of at least 4 members (excludes halogenated alkanes) is 2. The second-order valence-corrected chi connectivity index (χ2v) is 17.0. The molecule has 0 heterocycles. The molecule has 1 fully saturated rings. The van der Waals surface area contributed by atoms with Gasteiger partial charge in [-0.25, -0.2) is 4.79 Å². The SMILES string of the molecule is C=C(C)C(=O)OCCCc1cc(-c2ccc(-c3ccc(C4CCC(CCCCC)CC4)cc3)cc2CC)cc(CCCO)c1OCCC(CO)(CO)COC(O)C(=C)C. The highest BCUT2D eigenvalue weighted by Crippen LogP contribution is 2.40. The van der Waals surface area contributed by atoms with Gasteiger partial charge in [0.05, 0.1) is 33.0 Å². The van der Waals surface area contributed by atoms with Gasteiger partial charge in [-0.15, -0.1) is 0 Å². The van der Waals surface area contributed by atoms with E-state index in [0.29, 0.717) is 48.5 Å². The van der Waals surface area contributed by atoms with E-state index < -0.39 is 17.7 Å². The number of aryl methyl sites for hydroxylation is 3. The van der Waals surface area contributed by atoms with Gasteiger partial charge in [-0.3, -0.25) is 0 Å². The highest BCUT2D eigenvalue weighted by Gasteiger charge is 2.31.